The number of nitrogens with zero attached hydrogens (tertiary/aromatic N) is 1. The summed E-state index contributed by atoms with van der Waals surface area (Å²) < 4.78 is 16.3. The van der Waals surface area contributed by atoms with Crippen molar-refractivity contribution in [2.24, 2.45) is 0 Å². The van der Waals surface area contributed by atoms with Gasteiger partial charge in [-0.15, -0.1) is 0 Å². The molecule has 1 aromatic carbocycles. The van der Waals surface area contributed by atoms with Gasteiger partial charge in [-0.2, -0.15) is 0 Å². The fourth-order valence-electron chi connectivity index (χ4n) is 2.74. The zero-order valence-corrected chi connectivity index (χ0v) is 12.1. The Kier molecular flexibility index (Phi) is 4.03. The molecule has 3 rings (SSSR count). The number of aliphatic hydroxyl groups excluding tert-OH is 1. The molecule has 1 saturated heterocycles. The number of rotatable bonds is 3. The molecule has 1 fully saturated rings. The average molecular weight is 300 g/mol. The van der Waals surface area contributed by atoms with E-state index in [1.165, 1.54) is 0 Å². The Morgan fingerprint density at radius 1 is 1.35 bits per heavy atom. The monoisotopic (exact) mass is 299 g/mol. The summed E-state index contributed by atoms with van der Waals surface area (Å²) in [7, 11) is 0. The highest BCUT2D eigenvalue weighted by atomic mass is 35.5. The largest absolute Gasteiger partial charge is 0.454 e. The Bertz CT molecular complexity index is 496. The summed E-state index contributed by atoms with van der Waals surface area (Å²) in [6.07, 6.45) is -0.00591. The first-order valence-corrected chi connectivity index (χ1v) is 7.10. The molecule has 1 N–H and O–H groups in total. The van der Waals surface area contributed by atoms with Crippen LogP contribution in [-0.4, -0.2) is 48.7 Å². The first-order valence-electron chi connectivity index (χ1n) is 6.72. The van der Waals surface area contributed by atoms with Gasteiger partial charge in [0.2, 0.25) is 6.79 Å². The summed E-state index contributed by atoms with van der Waals surface area (Å²) >= 11 is 6.19. The minimum Gasteiger partial charge on any atom is -0.454 e. The van der Waals surface area contributed by atoms with Gasteiger partial charge in [0.05, 0.1) is 23.8 Å². The molecule has 0 aromatic heterocycles. The van der Waals surface area contributed by atoms with Crippen LogP contribution in [0.3, 0.4) is 0 Å². The van der Waals surface area contributed by atoms with E-state index in [9.17, 15) is 5.11 Å². The van der Waals surface area contributed by atoms with Crippen LogP contribution in [0.4, 0.5) is 0 Å². The average Bonchev–Trinajstić information content (AvgIpc) is 2.86. The third-order valence-corrected chi connectivity index (χ3v) is 3.78. The van der Waals surface area contributed by atoms with Crippen LogP contribution in [0.5, 0.6) is 11.5 Å². The summed E-state index contributed by atoms with van der Waals surface area (Å²) in [6.45, 7) is 4.58. The second-order valence-corrected chi connectivity index (χ2v) is 5.66. The van der Waals surface area contributed by atoms with Crippen molar-refractivity contribution in [3.63, 3.8) is 0 Å². The lowest BCUT2D eigenvalue weighted by atomic mass is 10.1. The number of halogens is 1. The highest BCUT2D eigenvalue weighted by Gasteiger charge is 2.25. The predicted molar refractivity (Wildman–Crippen MR) is 74.3 cm³/mol. The zero-order chi connectivity index (χ0) is 14.1. The molecule has 0 saturated carbocycles. The van der Waals surface area contributed by atoms with Crippen molar-refractivity contribution in [3.8, 4) is 11.5 Å². The summed E-state index contributed by atoms with van der Waals surface area (Å²) in [5.74, 6) is 1.33. The highest BCUT2D eigenvalue weighted by molar-refractivity contribution is 6.32. The van der Waals surface area contributed by atoms with E-state index >= 15 is 0 Å². The normalized spacial score (nSPS) is 25.9. The molecule has 1 aromatic rings. The van der Waals surface area contributed by atoms with Crippen LogP contribution in [0.15, 0.2) is 12.1 Å². The Labute approximate surface area is 123 Å². The van der Waals surface area contributed by atoms with Crippen molar-refractivity contribution >= 4 is 11.6 Å². The lowest BCUT2D eigenvalue weighted by Crippen LogP contribution is -2.47. The molecular formula is C14H18ClNO4. The minimum absolute atomic E-state index is 0.0444. The highest BCUT2D eigenvalue weighted by Crippen LogP contribution is 2.40. The predicted octanol–water partition coefficient (Wildman–Crippen LogP) is 1.65. The van der Waals surface area contributed by atoms with Gasteiger partial charge in [-0.1, -0.05) is 11.6 Å². The smallest absolute Gasteiger partial charge is 0.231 e. The van der Waals surface area contributed by atoms with Crippen LogP contribution < -0.4 is 9.47 Å². The second-order valence-electron chi connectivity index (χ2n) is 5.26. The second kappa shape index (κ2) is 5.77. The van der Waals surface area contributed by atoms with Crippen molar-refractivity contribution < 1.29 is 19.3 Å². The van der Waals surface area contributed by atoms with Crippen molar-refractivity contribution in [2.45, 2.75) is 25.7 Å². The maximum Gasteiger partial charge on any atom is 0.231 e. The number of ether oxygens (including phenoxy) is 3. The molecular weight excluding hydrogens is 282 g/mol. The van der Waals surface area contributed by atoms with Gasteiger partial charge >= 0.3 is 0 Å². The first-order chi connectivity index (χ1) is 9.65. The molecule has 0 aliphatic carbocycles. The number of fused-ring (bicyclic) bond motifs is 1. The van der Waals surface area contributed by atoms with E-state index in [0.717, 1.165) is 18.7 Å². The number of benzene rings is 1. The molecule has 20 heavy (non-hydrogen) atoms. The van der Waals surface area contributed by atoms with Gasteiger partial charge < -0.3 is 19.3 Å². The molecule has 2 aliphatic rings. The molecule has 0 spiro atoms. The van der Waals surface area contributed by atoms with E-state index in [4.69, 9.17) is 25.8 Å². The summed E-state index contributed by atoms with van der Waals surface area (Å²) in [6, 6.07) is 3.87. The Morgan fingerprint density at radius 2 is 2.20 bits per heavy atom. The third-order valence-electron chi connectivity index (χ3n) is 3.50. The van der Waals surface area contributed by atoms with E-state index in [1.807, 2.05) is 19.1 Å². The molecule has 0 bridgehead atoms. The summed E-state index contributed by atoms with van der Waals surface area (Å²) in [5.41, 5.74) is 1.07. The van der Waals surface area contributed by atoms with Crippen molar-refractivity contribution in [3.05, 3.63) is 22.7 Å². The van der Waals surface area contributed by atoms with Gasteiger partial charge in [-0.25, -0.2) is 0 Å². The lowest BCUT2D eigenvalue weighted by molar-refractivity contribution is -0.0972. The van der Waals surface area contributed by atoms with Crippen LogP contribution in [0.1, 0.15) is 12.5 Å². The van der Waals surface area contributed by atoms with E-state index in [1.54, 1.807) is 0 Å². The third kappa shape index (κ3) is 2.86. The number of hydrogen-bond acceptors (Lipinski definition) is 5. The SMILES string of the molecule is CC1CN(Cc2cc(Cl)c3c(c2)OCO3)CC(CO)O1. The fourth-order valence-corrected chi connectivity index (χ4v) is 3.03. The van der Waals surface area contributed by atoms with Crippen molar-refractivity contribution in [2.75, 3.05) is 26.5 Å². The Morgan fingerprint density at radius 3 is 3.00 bits per heavy atom. The Hall–Kier alpha value is -1.01. The number of hydrogen-bond donors (Lipinski definition) is 1. The van der Waals surface area contributed by atoms with Crippen LogP contribution in [0.25, 0.3) is 0 Å². The van der Waals surface area contributed by atoms with Crippen molar-refractivity contribution in [1.29, 1.82) is 0 Å². The van der Waals surface area contributed by atoms with Gasteiger partial charge in [0, 0.05) is 19.6 Å². The molecule has 2 aliphatic heterocycles. The first kappa shape index (κ1) is 13.9. The maximum atomic E-state index is 9.25. The lowest BCUT2D eigenvalue weighted by Gasteiger charge is -2.36. The Balaban J connectivity index is 1.73. The van der Waals surface area contributed by atoms with Crippen LogP contribution in [0.2, 0.25) is 5.02 Å². The summed E-state index contributed by atoms with van der Waals surface area (Å²) in [5, 5.41) is 9.83. The van der Waals surface area contributed by atoms with Gasteiger partial charge in [0.25, 0.3) is 0 Å². The molecule has 2 atom stereocenters. The molecule has 6 heteroatoms. The molecule has 0 amide bonds. The molecule has 2 unspecified atom stereocenters. The van der Waals surface area contributed by atoms with Crippen LogP contribution in [-0.2, 0) is 11.3 Å². The topological polar surface area (TPSA) is 51.2 Å². The molecule has 110 valence electrons. The standard InChI is InChI=1S/C14H18ClNO4/c1-9-4-16(6-11(7-17)20-9)5-10-2-12(15)14-13(3-10)18-8-19-14/h2-3,9,11,17H,4-8H2,1H3. The fraction of sp³-hybridized carbons (Fsp3) is 0.571. The van der Waals surface area contributed by atoms with Crippen LogP contribution in [0, 0.1) is 0 Å². The van der Waals surface area contributed by atoms with Crippen molar-refractivity contribution in [1.82, 2.24) is 4.90 Å². The molecule has 0 radical (unpaired) electrons. The van der Waals surface area contributed by atoms with Gasteiger partial charge in [-0.3, -0.25) is 4.90 Å². The van der Waals surface area contributed by atoms with Gasteiger partial charge in [0.15, 0.2) is 11.5 Å². The van der Waals surface area contributed by atoms with Gasteiger partial charge in [0.1, 0.15) is 0 Å². The van der Waals surface area contributed by atoms with E-state index in [2.05, 4.69) is 4.90 Å². The molecule has 2 heterocycles. The maximum absolute atomic E-state index is 9.25. The van der Waals surface area contributed by atoms with Crippen LogP contribution >= 0.6 is 11.6 Å². The van der Waals surface area contributed by atoms with Gasteiger partial charge in [-0.05, 0) is 24.6 Å². The zero-order valence-electron chi connectivity index (χ0n) is 11.3. The minimum atomic E-state index is -0.122. The van der Waals surface area contributed by atoms with E-state index < -0.39 is 0 Å². The van der Waals surface area contributed by atoms with E-state index in [-0.39, 0.29) is 25.6 Å². The quantitative estimate of drug-likeness (QED) is 0.920. The summed E-state index contributed by atoms with van der Waals surface area (Å²) in [4.78, 5) is 2.25. The van der Waals surface area contributed by atoms with E-state index in [0.29, 0.717) is 23.1 Å². The number of morpholine rings is 1. The molecule has 5 nitrogen and oxygen atoms in total. The number of aliphatic hydroxyl groups is 1.